The van der Waals surface area contributed by atoms with Crippen LogP contribution in [0.2, 0.25) is 0 Å². The Hall–Kier alpha value is -3.24. The lowest BCUT2D eigenvalue weighted by atomic mass is 9.89. The third-order valence-electron chi connectivity index (χ3n) is 5.13. The number of alkyl carbamates (subject to hydrolysis) is 1. The van der Waals surface area contributed by atoms with Gasteiger partial charge in [-0.15, -0.1) is 0 Å². The molecule has 170 valence electrons. The first-order valence-electron chi connectivity index (χ1n) is 10.2. The molecule has 4 N–H and O–H groups in total. The van der Waals surface area contributed by atoms with Gasteiger partial charge < -0.3 is 10.1 Å². The van der Waals surface area contributed by atoms with Crippen LogP contribution in [-0.2, 0) is 21.2 Å². The lowest BCUT2D eigenvalue weighted by Crippen LogP contribution is -2.43. The van der Waals surface area contributed by atoms with Crippen molar-refractivity contribution < 1.29 is 22.7 Å². The second kappa shape index (κ2) is 10.4. The quantitative estimate of drug-likeness (QED) is 0.400. The Morgan fingerprint density at radius 2 is 1.78 bits per heavy atom. The van der Waals surface area contributed by atoms with Crippen molar-refractivity contribution in [2.45, 2.75) is 30.3 Å². The summed E-state index contributed by atoms with van der Waals surface area (Å²) >= 11 is 0. The van der Waals surface area contributed by atoms with Gasteiger partial charge in [-0.2, -0.15) is 0 Å². The third-order valence-corrected chi connectivity index (χ3v) is 6.29. The van der Waals surface area contributed by atoms with Crippen LogP contribution >= 0.6 is 0 Å². The third kappa shape index (κ3) is 6.38. The topological polar surface area (TPSA) is 137 Å². The average molecular weight is 459 g/mol. The first-order valence-corrected chi connectivity index (χ1v) is 12.1. The zero-order valence-corrected chi connectivity index (χ0v) is 18.5. The van der Waals surface area contributed by atoms with Gasteiger partial charge in [0.25, 0.3) is 5.91 Å². The highest BCUT2D eigenvalue weighted by Crippen LogP contribution is 2.31. The van der Waals surface area contributed by atoms with Crippen LogP contribution in [0.15, 0.2) is 53.4 Å². The number of sulfone groups is 1. The van der Waals surface area contributed by atoms with Gasteiger partial charge in [0.2, 0.25) is 5.96 Å². The number of piperidine rings is 1. The molecule has 1 aliphatic heterocycles. The molecule has 0 saturated carbocycles. The molecule has 0 aliphatic carbocycles. The van der Waals surface area contributed by atoms with Gasteiger partial charge in [-0.05, 0) is 55.1 Å². The van der Waals surface area contributed by atoms with Gasteiger partial charge in [0, 0.05) is 11.8 Å². The molecule has 0 spiro atoms. The lowest BCUT2D eigenvalue weighted by molar-refractivity contribution is 0.0975. The van der Waals surface area contributed by atoms with Crippen molar-refractivity contribution in [2.75, 3.05) is 19.3 Å². The van der Waals surface area contributed by atoms with E-state index in [0.29, 0.717) is 5.56 Å². The summed E-state index contributed by atoms with van der Waals surface area (Å²) < 4.78 is 29.7. The zero-order chi connectivity index (χ0) is 23.1. The number of ether oxygens (including phenoxy) is 1. The van der Waals surface area contributed by atoms with Crippen LogP contribution in [0.25, 0.3) is 0 Å². The second-order valence-electron chi connectivity index (χ2n) is 7.56. The summed E-state index contributed by atoms with van der Waals surface area (Å²) in [7, 11) is -3.56. The fraction of sp³-hybridized carbons (Fsp3) is 0.318. The molecule has 0 aromatic heterocycles. The molecule has 0 unspecified atom stereocenters. The number of nitrogens with one attached hydrogen (secondary N) is 4. The fourth-order valence-corrected chi connectivity index (χ4v) is 4.55. The number of rotatable bonds is 5. The van der Waals surface area contributed by atoms with Crippen LogP contribution in [0, 0.1) is 5.41 Å². The average Bonchev–Trinajstić information content (AvgIpc) is 2.78. The molecule has 2 amide bonds. The summed E-state index contributed by atoms with van der Waals surface area (Å²) in [5.41, 5.74) is 1.55. The minimum Gasteiger partial charge on any atom is -0.444 e. The Morgan fingerprint density at radius 1 is 1.09 bits per heavy atom. The Kier molecular flexibility index (Phi) is 7.60. The summed E-state index contributed by atoms with van der Waals surface area (Å²) in [6, 6.07) is 13.5. The zero-order valence-electron chi connectivity index (χ0n) is 17.7. The number of hydrogen-bond acceptors (Lipinski definition) is 7. The number of carbonyl (C=O) groups is 2. The summed E-state index contributed by atoms with van der Waals surface area (Å²) in [5.74, 6) is -1.19. The molecule has 0 bridgehead atoms. The molecule has 0 atom stereocenters. The molecule has 32 heavy (non-hydrogen) atoms. The van der Waals surface area contributed by atoms with Crippen LogP contribution in [0.1, 0.15) is 40.2 Å². The largest absolute Gasteiger partial charge is 0.444 e. The number of hydrogen-bond donors (Lipinski definition) is 4. The van der Waals surface area contributed by atoms with Gasteiger partial charge in [0.1, 0.15) is 6.61 Å². The highest BCUT2D eigenvalue weighted by Gasteiger charge is 2.24. The molecule has 3 rings (SSSR count). The molecule has 10 heteroatoms. The summed E-state index contributed by atoms with van der Waals surface area (Å²) in [4.78, 5) is 24.5. The van der Waals surface area contributed by atoms with Crippen LogP contribution in [0.5, 0.6) is 0 Å². The minimum atomic E-state index is -3.56. The highest BCUT2D eigenvalue weighted by atomic mass is 32.2. The summed E-state index contributed by atoms with van der Waals surface area (Å²) in [6.45, 7) is 1.63. The number of carbonyl (C=O) groups excluding carboxylic acids is 2. The van der Waals surface area contributed by atoms with Gasteiger partial charge in [-0.1, -0.05) is 36.4 Å². The summed E-state index contributed by atoms with van der Waals surface area (Å²) in [6.07, 6.45) is 1.85. The van der Waals surface area contributed by atoms with Gasteiger partial charge >= 0.3 is 6.09 Å². The molecule has 2 aromatic rings. The monoisotopic (exact) mass is 458 g/mol. The second-order valence-corrected chi connectivity index (χ2v) is 9.55. The van der Waals surface area contributed by atoms with E-state index in [1.54, 1.807) is 30.3 Å². The Balaban J connectivity index is 1.63. The van der Waals surface area contributed by atoms with Gasteiger partial charge in [-0.3, -0.25) is 20.8 Å². The van der Waals surface area contributed by atoms with Crippen molar-refractivity contribution in [3.8, 4) is 0 Å². The standard InChI is InChI=1S/C22H26N4O5S/c1-32(29,30)19-13-17(7-8-18(19)16-9-11-24-12-10-16)20(27)25-21(23)26-22(28)31-14-15-5-3-2-4-6-15/h2-8,13,16,24H,9-12,14H2,1H3,(H3,23,25,26,27,28). The van der Waals surface area contributed by atoms with E-state index < -0.39 is 27.8 Å². The van der Waals surface area contributed by atoms with Gasteiger partial charge in [0.05, 0.1) is 4.90 Å². The summed E-state index contributed by atoms with van der Waals surface area (Å²) in [5, 5.41) is 15.4. The van der Waals surface area contributed by atoms with E-state index in [1.165, 1.54) is 12.1 Å². The molecule has 1 saturated heterocycles. The van der Waals surface area contributed by atoms with E-state index in [-0.39, 0.29) is 23.0 Å². The maximum Gasteiger partial charge on any atom is 0.414 e. The normalized spacial score (nSPS) is 14.4. The molecule has 9 nitrogen and oxygen atoms in total. The molecular formula is C22H26N4O5S. The first kappa shape index (κ1) is 23.4. The van der Waals surface area contributed by atoms with Crippen LogP contribution in [-0.4, -0.2) is 45.7 Å². The number of benzene rings is 2. The lowest BCUT2D eigenvalue weighted by Gasteiger charge is -2.25. The fourth-order valence-electron chi connectivity index (χ4n) is 3.55. The van der Waals surface area contributed by atoms with E-state index in [9.17, 15) is 18.0 Å². The smallest absolute Gasteiger partial charge is 0.414 e. The number of guanidine groups is 1. The molecule has 1 fully saturated rings. The van der Waals surface area contributed by atoms with Crippen LogP contribution in [0.3, 0.4) is 0 Å². The van der Waals surface area contributed by atoms with E-state index in [1.807, 2.05) is 6.07 Å². The highest BCUT2D eigenvalue weighted by molar-refractivity contribution is 7.90. The van der Waals surface area contributed by atoms with E-state index in [2.05, 4.69) is 16.0 Å². The van der Waals surface area contributed by atoms with Crippen molar-refractivity contribution in [1.82, 2.24) is 16.0 Å². The van der Waals surface area contributed by atoms with Crippen LogP contribution < -0.4 is 16.0 Å². The van der Waals surface area contributed by atoms with Crippen molar-refractivity contribution in [3.05, 3.63) is 65.2 Å². The van der Waals surface area contributed by atoms with Crippen molar-refractivity contribution in [1.29, 1.82) is 5.41 Å². The first-order chi connectivity index (χ1) is 15.2. The molecule has 1 heterocycles. The molecule has 2 aromatic carbocycles. The Morgan fingerprint density at radius 3 is 2.44 bits per heavy atom. The number of amides is 2. The van der Waals surface area contributed by atoms with Gasteiger partial charge in [0.15, 0.2) is 9.84 Å². The maximum absolute atomic E-state index is 12.5. The molecule has 1 aliphatic rings. The predicted octanol–water partition coefficient (Wildman–Crippen LogP) is 2.15. The van der Waals surface area contributed by atoms with Crippen molar-refractivity contribution >= 4 is 27.8 Å². The van der Waals surface area contributed by atoms with Crippen molar-refractivity contribution in [2.24, 2.45) is 0 Å². The molecular weight excluding hydrogens is 432 g/mol. The van der Waals surface area contributed by atoms with Gasteiger partial charge in [-0.25, -0.2) is 13.2 Å². The van der Waals surface area contributed by atoms with Crippen LogP contribution in [0.4, 0.5) is 4.79 Å². The Bertz CT molecular complexity index is 1100. The minimum absolute atomic E-state index is 0.0176. The SMILES string of the molecule is CS(=O)(=O)c1cc(C(=O)NC(=N)NC(=O)OCc2ccccc2)ccc1C1CCNCC1. The maximum atomic E-state index is 12.5. The molecule has 0 radical (unpaired) electrons. The predicted molar refractivity (Wildman–Crippen MR) is 119 cm³/mol. The van der Waals surface area contributed by atoms with E-state index >= 15 is 0 Å². The van der Waals surface area contributed by atoms with E-state index in [4.69, 9.17) is 10.1 Å². The van der Waals surface area contributed by atoms with Crippen molar-refractivity contribution in [3.63, 3.8) is 0 Å². The Labute approximate surface area is 187 Å². The van der Waals surface area contributed by atoms with E-state index in [0.717, 1.165) is 37.8 Å².